The molecule has 3 N–H and O–H groups in total. The Hall–Kier alpha value is -0.780. The zero-order valence-electron chi connectivity index (χ0n) is 7.70. The van der Waals surface area contributed by atoms with Gasteiger partial charge in [0.25, 0.3) is 0 Å². The van der Waals surface area contributed by atoms with Crippen LogP contribution in [0.25, 0.3) is 0 Å². The van der Waals surface area contributed by atoms with Gasteiger partial charge in [-0.3, -0.25) is 5.43 Å². The second kappa shape index (κ2) is 4.16. The molecular weight excluding hydrogens is 204 g/mol. The molecule has 1 atom stereocenters. The monoisotopic (exact) mass is 216 g/mol. The lowest BCUT2D eigenvalue weighted by molar-refractivity contribution is 0.174. The molecule has 0 spiro atoms. The molecule has 2 aliphatic heterocycles. The predicted octanol–water partition coefficient (Wildman–Crippen LogP) is -0.751. The molecule has 0 saturated carbocycles. The molecule has 14 heavy (non-hydrogen) atoms. The van der Waals surface area contributed by atoms with Gasteiger partial charge in [-0.25, -0.2) is 0 Å². The van der Waals surface area contributed by atoms with Gasteiger partial charge in [-0.05, 0) is 0 Å². The van der Waals surface area contributed by atoms with Crippen LogP contribution in [0.15, 0.2) is 15.8 Å². The van der Waals surface area contributed by atoms with E-state index in [0.29, 0.717) is 5.03 Å². The zero-order valence-corrected chi connectivity index (χ0v) is 8.46. The smallest absolute Gasteiger partial charge is 0.178 e. The van der Waals surface area contributed by atoms with Gasteiger partial charge in [0.2, 0.25) is 0 Å². The SMILES string of the molecule is OC1NN=CC(N2CCNCC2)=C1Cl. The lowest BCUT2D eigenvalue weighted by Gasteiger charge is -2.32. The number of aliphatic hydroxyl groups is 1. The molecule has 2 rings (SSSR count). The second-order valence-corrected chi connectivity index (χ2v) is 3.67. The molecule has 0 aromatic carbocycles. The molecule has 0 aromatic rings. The number of hydrazone groups is 1. The van der Waals surface area contributed by atoms with Crippen LogP contribution >= 0.6 is 11.6 Å². The molecule has 2 aliphatic rings. The molecule has 6 heteroatoms. The van der Waals surface area contributed by atoms with Gasteiger partial charge in [-0.15, -0.1) is 0 Å². The first-order valence-corrected chi connectivity index (χ1v) is 4.99. The maximum Gasteiger partial charge on any atom is 0.178 e. The number of nitrogens with one attached hydrogen (secondary N) is 2. The van der Waals surface area contributed by atoms with Crippen molar-refractivity contribution in [3.05, 3.63) is 10.7 Å². The van der Waals surface area contributed by atoms with E-state index in [4.69, 9.17) is 11.6 Å². The van der Waals surface area contributed by atoms with Gasteiger partial charge in [0, 0.05) is 26.2 Å². The Labute approximate surface area is 87.4 Å². The molecule has 1 saturated heterocycles. The van der Waals surface area contributed by atoms with Crippen molar-refractivity contribution in [3.63, 3.8) is 0 Å². The van der Waals surface area contributed by atoms with Crippen LogP contribution in [0, 0.1) is 0 Å². The summed E-state index contributed by atoms with van der Waals surface area (Å²) in [5.41, 5.74) is 3.31. The number of aliphatic hydroxyl groups excluding tert-OH is 1. The molecule has 0 aliphatic carbocycles. The Balaban J connectivity index is 2.14. The lowest BCUT2D eigenvalue weighted by Crippen LogP contribution is -2.45. The third kappa shape index (κ3) is 1.84. The Morgan fingerprint density at radius 1 is 1.50 bits per heavy atom. The summed E-state index contributed by atoms with van der Waals surface area (Å²) in [6.07, 6.45) is 0.784. The van der Waals surface area contributed by atoms with E-state index in [-0.39, 0.29) is 0 Å². The summed E-state index contributed by atoms with van der Waals surface area (Å²) in [6, 6.07) is 0. The fraction of sp³-hybridized carbons (Fsp3) is 0.625. The maximum absolute atomic E-state index is 9.42. The molecule has 1 unspecified atom stereocenters. The lowest BCUT2D eigenvalue weighted by atomic mass is 10.2. The summed E-state index contributed by atoms with van der Waals surface area (Å²) in [4.78, 5) is 2.12. The van der Waals surface area contributed by atoms with Crippen LogP contribution < -0.4 is 10.7 Å². The highest BCUT2D eigenvalue weighted by molar-refractivity contribution is 6.31. The standard InChI is InChI=1S/C8H13ClN4O/c9-7-6(5-11-12-8(7)14)13-3-1-10-2-4-13/h5,8,10,12,14H,1-4H2. The van der Waals surface area contributed by atoms with Gasteiger partial charge >= 0.3 is 0 Å². The molecule has 2 heterocycles. The van der Waals surface area contributed by atoms with Crippen molar-refractivity contribution in [1.29, 1.82) is 0 Å². The topological polar surface area (TPSA) is 59.9 Å². The Morgan fingerprint density at radius 2 is 2.21 bits per heavy atom. The van der Waals surface area contributed by atoms with E-state index in [1.54, 1.807) is 6.21 Å². The highest BCUT2D eigenvalue weighted by atomic mass is 35.5. The highest BCUT2D eigenvalue weighted by Gasteiger charge is 2.21. The molecular formula is C8H13ClN4O. The van der Waals surface area contributed by atoms with E-state index in [2.05, 4.69) is 20.7 Å². The van der Waals surface area contributed by atoms with Crippen LogP contribution in [0.5, 0.6) is 0 Å². The average Bonchev–Trinajstić information content (AvgIpc) is 2.23. The maximum atomic E-state index is 9.42. The molecule has 78 valence electrons. The van der Waals surface area contributed by atoms with E-state index < -0.39 is 6.23 Å². The van der Waals surface area contributed by atoms with Gasteiger partial charge in [0.15, 0.2) is 6.23 Å². The normalized spacial score (nSPS) is 27.9. The number of nitrogens with zero attached hydrogens (tertiary/aromatic N) is 2. The van der Waals surface area contributed by atoms with E-state index in [9.17, 15) is 5.11 Å². The molecule has 1 fully saturated rings. The van der Waals surface area contributed by atoms with Crippen molar-refractivity contribution in [2.45, 2.75) is 6.23 Å². The van der Waals surface area contributed by atoms with Crippen LogP contribution in [-0.4, -0.2) is 48.6 Å². The van der Waals surface area contributed by atoms with E-state index in [1.165, 1.54) is 0 Å². The van der Waals surface area contributed by atoms with Crippen molar-refractivity contribution < 1.29 is 5.11 Å². The summed E-state index contributed by atoms with van der Waals surface area (Å²) in [6.45, 7) is 3.66. The predicted molar refractivity (Wildman–Crippen MR) is 55.0 cm³/mol. The summed E-state index contributed by atoms with van der Waals surface area (Å²) in [5.74, 6) is 0. The third-order valence-corrected chi connectivity index (χ3v) is 2.73. The number of rotatable bonds is 1. The van der Waals surface area contributed by atoms with Gasteiger partial charge < -0.3 is 15.3 Å². The Bertz CT molecular complexity index is 273. The largest absolute Gasteiger partial charge is 0.367 e. The molecule has 0 bridgehead atoms. The minimum Gasteiger partial charge on any atom is -0.367 e. The fourth-order valence-corrected chi connectivity index (χ4v) is 1.78. The zero-order chi connectivity index (χ0) is 9.97. The molecule has 5 nitrogen and oxygen atoms in total. The quantitative estimate of drug-likeness (QED) is 0.540. The first-order chi connectivity index (χ1) is 6.79. The van der Waals surface area contributed by atoms with Crippen molar-refractivity contribution in [2.75, 3.05) is 26.2 Å². The van der Waals surface area contributed by atoms with Crippen LogP contribution in [0.1, 0.15) is 0 Å². The first-order valence-electron chi connectivity index (χ1n) is 4.61. The highest BCUT2D eigenvalue weighted by Crippen LogP contribution is 2.18. The number of piperazine rings is 1. The number of hydrogen-bond donors (Lipinski definition) is 3. The summed E-state index contributed by atoms with van der Waals surface area (Å²) >= 11 is 5.98. The summed E-state index contributed by atoms with van der Waals surface area (Å²) < 4.78 is 0. The van der Waals surface area contributed by atoms with Crippen LogP contribution in [0.4, 0.5) is 0 Å². The van der Waals surface area contributed by atoms with Crippen molar-refractivity contribution in [1.82, 2.24) is 15.6 Å². The third-order valence-electron chi connectivity index (χ3n) is 2.33. The molecule has 0 aromatic heterocycles. The first kappa shape index (κ1) is 9.76. The Kier molecular flexibility index (Phi) is 2.90. The minimum atomic E-state index is -0.869. The second-order valence-electron chi connectivity index (χ2n) is 3.26. The van der Waals surface area contributed by atoms with Crippen LogP contribution in [-0.2, 0) is 0 Å². The van der Waals surface area contributed by atoms with E-state index in [0.717, 1.165) is 31.9 Å². The van der Waals surface area contributed by atoms with Gasteiger partial charge in [0.1, 0.15) is 0 Å². The van der Waals surface area contributed by atoms with Crippen LogP contribution in [0.2, 0.25) is 0 Å². The van der Waals surface area contributed by atoms with E-state index in [1.807, 2.05) is 0 Å². The number of allylic oxidation sites excluding steroid dienone is 1. The van der Waals surface area contributed by atoms with Crippen molar-refractivity contribution >= 4 is 17.8 Å². The van der Waals surface area contributed by atoms with Crippen molar-refractivity contribution in [2.24, 2.45) is 5.10 Å². The fourth-order valence-electron chi connectivity index (χ4n) is 1.57. The van der Waals surface area contributed by atoms with Gasteiger partial charge in [-0.1, -0.05) is 11.6 Å². The molecule has 0 amide bonds. The van der Waals surface area contributed by atoms with Crippen molar-refractivity contribution in [3.8, 4) is 0 Å². The number of halogens is 1. The summed E-state index contributed by atoms with van der Waals surface area (Å²) in [7, 11) is 0. The number of hydrogen-bond acceptors (Lipinski definition) is 5. The van der Waals surface area contributed by atoms with Crippen LogP contribution in [0.3, 0.4) is 0 Å². The van der Waals surface area contributed by atoms with E-state index >= 15 is 0 Å². The Morgan fingerprint density at radius 3 is 2.93 bits per heavy atom. The summed E-state index contributed by atoms with van der Waals surface area (Å²) in [5, 5.41) is 16.9. The molecule has 0 radical (unpaired) electrons. The van der Waals surface area contributed by atoms with Gasteiger partial charge in [-0.2, -0.15) is 5.10 Å². The minimum absolute atomic E-state index is 0.418. The van der Waals surface area contributed by atoms with Gasteiger partial charge in [0.05, 0.1) is 16.9 Å². The average molecular weight is 217 g/mol.